The summed E-state index contributed by atoms with van der Waals surface area (Å²) >= 11 is 0. The molecule has 0 aromatic heterocycles. The van der Waals surface area contributed by atoms with Gasteiger partial charge in [0, 0.05) is 6.54 Å². The lowest BCUT2D eigenvalue weighted by Crippen LogP contribution is -2.31. The molecule has 0 fully saturated rings. The summed E-state index contributed by atoms with van der Waals surface area (Å²) in [4.78, 5) is 38.1. The van der Waals surface area contributed by atoms with E-state index in [2.05, 4.69) is 6.58 Å². The molecule has 2 aromatic rings. The fourth-order valence-electron chi connectivity index (χ4n) is 3.01. The van der Waals surface area contributed by atoms with Crippen molar-refractivity contribution in [3.63, 3.8) is 0 Å². The van der Waals surface area contributed by atoms with E-state index in [1.165, 1.54) is 4.90 Å². The number of fused-ring (bicyclic) bond motifs is 1. The van der Waals surface area contributed by atoms with Gasteiger partial charge in [-0.25, -0.2) is 4.79 Å². The van der Waals surface area contributed by atoms with Crippen molar-refractivity contribution in [2.75, 3.05) is 6.54 Å². The predicted octanol–water partition coefficient (Wildman–Crippen LogP) is 3.78. The van der Waals surface area contributed by atoms with Crippen LogP contribution in [0.4, 0.5) is 0 Å². The molecule has 5 nitrogen and oxygen atoms in total. The van der Waals surface area contributed by atoms with Gasteiger partial charge in [0.25, 0.3) is 11.8 Å². The highest BCUT2D eigenvalue weighted by atomic mass is 16.5. The molecule has 1 aliphatic rings. The number of aryl methyl sites for hydroxylation is 1. The lowest BCUT2D eigenvalue weighted by Gasteiger charge is -2.17. The van der Waals surface area contributed by atoms with Gasteiger partial charge in [0.2, 0.25) is 0 Å². The Morgan fingerprint density at radius 1 is 1.07 bits per heavy atom. The smallest absolute Gasteiger partial charge is 0.338 e. The summed E-state index contributed by atoms with van der Waals surface area (Å²) in [6, 6.07) is 13.9. The zero-order valence-electron chi connectivity index (χ0n) is 15.2. The van der Waals surface area contributed by atoms with E-state index in [-0.39, 0.29) is 18.4 Å². The number of benzene rings is 2. The third kappa shape index (κ3) is 3.97. The number of carbonyl (C=O) groups is 3. The minimum Gasteiger partial charge on any atom is -0.455 e. The molecule has 0 radical (unpaired) electrons. The highest BCUT2D eigenvalue weighted by Crippen LogP contribution is 2.23. The summed E-state index contributed by atoms with van der Waals surface area (Å²) in [7, 11) is 0. The fourth-order valence-corrected chi connectivity index (χ4v) is 3.01. The molecule has 0 saturated carbocycles. The Morgan fingerprint density at radius 3 is 2.22 bits per heavy atom. The van der Waals surface area contributed by atoms with Crippen LogP contribution in [-0.4, -0.2) is 35.3 Å². The molecule has 0 aliphatic carbocycles. The zero-order valence-corrected chi connectivity index (χ0v) is 15.2. The molecular weight excluding hydrogens is 342 g/mol. The first-order valence-corrected chi connectivity index (χ1v) is 8.86. The molecule has 0 saturated heterocycles. The third-order valence-electron chi connectivity index (χ3n) is 4.56. The van der Waals surface area contributed by atoms with E-state index in [1.54, 1.807) is 42.5 Å². The average Bonchev–Trinajstić information content (AvgIpc) is 2.92. The van der Waals surface area contributed by atoms with Crippen LogP contribution in [0.2, 0.25) is 0 Å². The van der Waals surface area contributed by atoms with Crippen molar-refractivity contribution in [1.82, 2.24) is 4.90 Å². The van der Waals surface area contributed by atoms with Crippen LogP contribution in [0, 0.1) is 6.92 Å². The molecule has 0 bridgehead atoms. The Balaban J connectivity index is 1.54. The normalized spacial score (nSPS) is 14.0. The number of nitrogens with zero attached hydrogens (tertiary/aromatic N) is 1. The average molecular weight is 363 g/mol. The second-order valence-corrected chi connectivity index (χ2v) is 6.50. The van der Waals surface area contributed by atoms with Crippen LogP contribution < -0.4 is 0 Å². The van der Waals surface area contributed by atoms with E-state index >= 15 is 0 Å². The fraction of sp³-hybridized carbons (Fsp3) is 0.227. The van der Waals surface area contributed by atoms with Gasteiger partial charge in [0.05, 0.1) is 16.7 Å². The van der Waals surface area contributed by atoms with Gasteiger partial charge in [-0.1, -0.05) is 42.5 Å². The molecule has 1 atom stereocenters. The first kappa shape index (κ1) is 18.6. The van der Waals surface area contributed by atoms with Crippen molar-refractivity contribution in [2.24, 2.45) is 0 Å². The lowest BCUT2D eigenvalue weighted by molar-refractivity contribution is 0.0366. The topological polar surface area (TPSA) is 63.7 Å². The van der Waals surface area contributed by atoms with Crippen LogP contribution in [0.25, 0.3) is 0 Å². The highest BCUT2D eigenvalue weighted by Gasteiger charge is 2.34. The van der Waals surface area contributed by atoms with E-state index < -0.39 is 12.1 Å². The second-order valence-electron chi connectivity index (χ2n) is 6.50. The molecule has 5 heteroatoms. The van der Waals surface area contributed by atoms with Crippen molar-refractivity contribution < 1.29 is 19.1 Å². The van der Waals surface area contributed by atoms with Gasteiger partial charge in [0.1, 0.15) is 6.10 Å². The van der Waals surface area contributed by atoms with E-state index in [0.717, 1.165) is 5.56 Å². The molecule has 1 heterocycles. The minimum absolute atomic E-state index is 0.276. The Morgan fingerprint density at radius 2 is 1.67 bits per heavy atom. The summed E-state index contributed by atoms with van der Waals surface area (Å²) in [5, 5.41) is 0. The maximum absolute atomic E-state index is 12.3. The number of hydrogen-bond donors (Lipinski definition) is 0. The maximum Gasteiger partial charge on any atom is 0.338 e. The van der Waals surface area contributed by atoms with Crippen LogP contribution in [-0.2, 0) is 4.74 Å². The Kier molecular flexibility index (Phi) is 5.50. The van der Waals surface area contributed by atoms with Crippen molar-refractivity contribution in [2.45, 2.75) is 25.9 Å². The summed E-state index contributed by atoms with van der Waals surface area (Å²) < 4.78 is 5.46. The summed E-state index contributed by atoms with van der Waals surface area (Å²) in [5.74, 6) is -0.967. The number of amides is 2. The molecule has 0 spiro atoms. The number of carbonyl (C=O) groups excluding carboxylic acids is 3. The Labute approximate surface area is 158 Å². The predicted molar refractivity (Wildman–Crippen MR) is 102 cm³/mol. The van der Waals surface area contributed by atoms with E-state index in [0.29, 0.717) is 29.5 Å². The lowest BCUT2D eigenvalue weighted by atomic mass is 10.1. The Bertz CT molecular complexity index is 850. The third-order valence-corrected chi connectivity index (χ3v) is 4.56. The molecule has 0 unspecified atom stereocenters. The number of hydrogen-bond acceptors (Lipinski definition) is 4. The monoisotopic (exact) mass is 363 g/mol. The van der Waals surface area contributed by atoms with E-state index in [1.807, 2.05) is 19.1 Å². The van der Waals surface area contributed by atoms with Gasteiger partial charge in [-0.05, 0) is 44.0 Å². The van der Waals surface area contributed by atoms with Crippen LogP contribution in [0.5, 0.6) is 0 Å². The maximum atomic E-state index is 12.3. The van der Waals surface area contributed by atoms with Crippen molar-refractivity contribution in [1.29, 1.82) is 0 Å². The van der Waals surface area contributed by atoms with Crippen LogP contribution in [0.3, 0.4) is 0 Å². The van der Waals surface area contributed by atoms with Gasteiger partial charge < -0.3 is 4.74 Å². The number of rotatable bonds is 7. The van der Waals surface area contributed by atoms with E-state index in [4.69, 9.17) is 4.74 Å². The molecule has 3 rings (SSSR count). The zero-order chi connectivity index (χ0) is 19.4. The molecule has 0 N–H and O–H groups in total. The van der Waals surface area contributed by atoms with Gasteiger partial charge in [-0.15, -0.1) is 0 Å². The SMILES string of the molecule is C=C[C@H](CCCN1C(=O)c2ccccc2C1=O)OC(=O)c1ccc(C)cc1. The summed E-state index contributed by atoms with van der Waals surface area (Å²) in [6.45, 7) is 5.93. The Hall–Kier alpha value is -3.21. The van der Waals surface area contributed by atoms with Crippen LogP contribution in [0.15, 0.2) is 61.2 Å². The van der Waals surface area contributed by atoms with Crippen molar-refractivity contribution in [3.05, 3.63) is 83.4 Å². The molecular formula is C22H21NO4. The molecule has 2 aromatic carbocycles. The van der Waals surface area contributed by atoms with Crippen LogP contribution >= 0.6 is 0 Å². The molecule has 27 heavy (non-hydrogen) atoms. The van der Waals surface area contributed by atoms with Gasteiger partial charge >= 0.3 is 5.97 Å². The largest absolute Gasteiger partial charge is 0.455 e. The summed E-state index contributed by atoms with van der Waals surface area (Å²) in [6.07, 6.45) is 2.08. The number of esters is 1. The summed E-state index contributed by atoms with van der Waals surface area (Å²) in [5.41, 5.74) is 2.42. The first-order chi connectivity index (χ1) is 13.0. The highest BCUT2D eigenvalue weighted by molar-refractivity contribution is 6.21. The van der Waals surface area contributed by atoms with Crippen molar-refractivity contribution >= 4 is 17.8 Å². The van der Waals surface area contributed by atoms with Gasteiger partial charge in [0.15, 0.2) is 0 Å². The molecule has 2 amide bonds. The number of ether oxygens (including phenoxy) is 1. The van der Waals surface area contributed by atoms with E-state index in [9.17, 15) is 14.4 Å². The molecule has 1 aliphatic heterocycles. The van der Waals surface area contributed by atoms with Gasteiger partial charge in [-0.2, -0.15) is 0 Å². The minimum atomic E-state index is -0.478. The second kappa shape index (κ2) is 7.99. The van der Waals surface area contributed by atoms with Gasteiger partial charge in [-0.3, -0.25) is 14.5 Å². The number of imide groups is 1. The molecule has 138 valence electrons. The van der Waals surface area contributed by atoms with Crippen LogP contribution in [0.1, 0.15) is 49.5 Å². The quantitative estimate of drug-likeness (QED) is 0.427. The first-order valence-electron chi connectivity index (χ1n) is 8.86. The standard InChI is InChI=1S/C22H21NO4/c1-3-17(27-22(26)16-12-10-15(2)11-13-16)7-6-14-23-20(24)18-8-4-5-9-19(18)21(23)25/h3-5,8-13,17H,1,6-7,14H2,2H3/t17-/m1/s1. The van der Waals surface area contributed by atoms with Crippen molar-refractivity contribution in [3.8, 4) is 0 Å².